The number of Topliss-reactive ketones (excluding diaryl/α,β-unsaturated/α-hetero) is 1. The number of allylic oxidation sites excluding steroid dienone is 6. The van der Waals surface area contributed by atoms with E-state index in [1.54, 1.807) is 19.1 Å². The summed E-state index contributed by atoms with van der Waals surface area (Å²) in [6.07, 6.45) is 3.45. The van der Waals surface area contributed by atoms with Crippen LogP contribution in [0.25, 0.3) is 0 Å². The lowest BCUT2D eigenvalue weighted by Crippen LogP contribution is -2.39. The minimum Gasteiger partial charge on any atom is -0.507 e. The maximum absolute atomic E-state index is 14.0. The number of imide groups is 1. The molecule has 6 rings (SSSR count). The number of halogens is 1. The number of carbonyl (C=O) groups is 5. The van der Waals surface area contributed by atoms with Gasteiger partial charge in [0.2, 0.25) is 11.8 Å². The Hall–Kier alpha value is -4.51. The van der Waals surface area contributed by atoms with Gasteiger partial charge in [0.1, 0.15) is 11.3 Å². The molecule has 0 bridgehead atoms. The fourth-order valence-corrected chi connectivity index (χ4v) is 7.23. The van der Waals surface area contributed by atoms with Gasteiger partial charge in [0.05, 0.1) is 29.1 Å². The molecule has 0 aromatic heterocycles. The molecule has 3 aliphatic carbocycles. The minimum absolute atomic E-state index is 0.0469. The van der Waals surface area contributed by atoms with Gasteiger partial charge < -0.3 is 20.1 Å². The van der Waals surface area contributed by atoms with E-state index in [2.05, 4.69) is 15.9 Å². The molecule has 0 saturated carbocycles. The number of carboxylic acids is 1. The van der Waals surface area contributed by atoms with Crippen molar-refractivity contribution in [1.82, 2.24) is 0 Å². The number of anilines is 1. The highest BCUT2D eigenvalue weighted by molar-refractivity contribution is 9.10. The van der Waals surface area contributed by atoms with Crippen LogP contribution < -0.4 is 9.64 Å². The summed E-state index contributed by atoms with van der Waals surface area (Å²) in [4.78, 5) is 66.8. The molecule has 1 aliphatic heterocycles. The Balaban J connectivity index is 1.48. The van der Waals surface area contributed by atoms with Crippen LogP contribution in [0.1, 0.15) is 41.6 Å². The zero-order valence-electron chi connectivity index (χ0n) is 22.4. The number of ether oxygens (including phenoxy) is 1. The lowest BCUT2D eigenvalue weighted by Gasteiger charge is -2.42. The number of rotatable bonds is 4. The van der Waals surface area contributed by atoms with E-state index in [4.69, 9.17) is 4.74 Å². The highest BCUT2D eigenvalue weighted by atomic mass is 79.9. The third-order valence-electron chi connectivity index (χ3n) is 8.64. The molecule has 1 fully saturated rings. The molecular weight excluding hydrogens is 610 g/mol. The molecule has 4 unspecified atom stereocenters. The smallest absolute Gasteiger partial charge is 0.339 e. The van der Waals surface area contributed by atoms with E-state index < -0.39 is 47.2 Å². The number of amides is 2. The summed E-state index contributed by atoms with van der Waals surface area (Å²) < 4.78 is 5.67. The van der Waals surface area contributed by atoms with Crippen LogP contribution in [-0.2, 0) is 19.2 Å². The monoisotopic (exact) mass is 633 g/mol. The number of hydrogen-bond donors (Lipinski definition) is 3. The van der Waals surface area contributed by atoms with Gasteiger partial charge in [-0.15, -0.1) is 0 Å². The van der Waals surface area contributed by atoms with Crippen LogP contribution >= 0.6 is 15.9 Å². The van der Waals surface area contributed by atoms with E-state index >= 15 is 0 Å². The molecule has 42 heavy (non-hydrogen) atoms. The molecule has 4 atom stereocenters. The maximum Gasteiger partial charge on any atom is 0.339 e. The number of methoxy groups -OCH3 is 1. The summed E-state index contributed by atoms with van der Waals surface area (Å²) in [6.45, 7) is 1.56. The number of benzene rings is 2. The topological polar surface area (TPSA) is 159 Å². The molecule has 1 saturated heterocycles. The fraction of sp³-hybridized carbons (Fsp3) is 0.258. The zero-order valence-corrected chi connectivity index (χ0v) is 24.0. The van der Waals surface area contributed by atoms with Crippen molar-refractivity contribution >= 4 is 51.0 Å². The van der Waals surface area contributed by atoms with Crippen molar-refractivity contribution in [3.05, 3.63) is 80.4 Å². The minimum atomic E-state index is -1.36. The Bertz CT molecular complexity index is 1750. The van der Waals surface area contributed by atoms with Gasteiger partial charge in [0, 0.05) is 28.7 Å². The van der Waals surface area contributed by atoms with Gasteiger partial charge >= 0.3 is 5.97 Å². The molecule has 0 radical (unpaired) electrons. The number of phenolic OH excluding ortho intramolecular Hbond substituents is 1. The lowest BCUT2D eigenvalue weighted by atomic mass is 9.59. The van der Waals surface area contributed by atoms with Crippen molar-refractivity contribution in [2.24, 2.45) is 17.8 Å². The van der Waals surface area contributed by atoms with Crippen LogP contribution in [0.2, 0.25) is 0 Å². The third kappa shape index (κ3) is 3.94. The highest BCUT2D eigenvalue weighted by Crippen LogP contribution is 2.56. The zero-order chi connectivity index (χ0) is 30.2. The van der Waals surface area contributed by atoms with Crippen LogP contribution in [0.5, 0.6) is 17.2 Å². The normalized spacial score (nSPS) is 25.1. The number of hydrogen-bond acceptors (Lipinski definition) is 8. The molecule has 1 heterocycles. The Morgan fingerprint density at radius 1 is 1.05 bits per heavy atom. The third-order valence-corrected chi connectivity index (χ3v) is 9.24. The summed E-state index contributed by atoms with van der Waals surface area (Å²) in [6, 6.07) is 6.74. The van der Waals surface area contributed by atoms with Crippen molar-refractivity contribution in [1.29, 1.82) is 0 Å². The van der Waals surface area contributed by atoms with Crippen LogP contribution in [0.3, 0.4) is 0 Å². The van der Waals surface area contributed by atoms with E-state index in [9.17, 15) is 39.3 Å². The number of ketones is 2. The lowest BCUT2D eigenvalue weighted by molar-refractivity contribution is -0.123. The first-order chi connectivity index (χ1) is 19.9. The molecule has 11 heteroatoms. The van der Waals surface area contributed by atoms with Crippen molar-refractivity contribution in [2.45, 2.75) is 25.7 Å². The molecule has 2 amide bonds. The molecule has 4 aliphatic rings. The summed E-state index contributed by atoms with van der Waals surface area (Å²) >= 11 is 3.34. The van der Waals surface area contributed by atoms with E-state index in [0.717, 1.165) is 22.6 Å². The second kappa shape index (κ2) is 9.80. The first-order valence-electron chi connectivity index (χ1n) is 13.1. The van der Waals surface area contributed by atoms with Gasteiger partial charge in [-0.1, -0.05) is 11.6 Å². The standard InChI is InChI=1S/C31H24BrNO9/c1-12-7-22(35)26-19(27(12)36)11-18-15(24(26)13-8-20(32)28(37)23(9-13)42-2)5-6-17-25(18)30(39)33(29(17)38)14-3-4-16(31(40)41)21(34)10-14/h3-5,7-10,17-18,24-25,34,37H,6,11H2,1-2H3,(H,40,41). The number of carboxylic acid groups (broad SMARTS) is 1. The van der Waals surface area contributed by atoms with Crippen molar-refractivity contribution in [3.63, 3.8) is 0 Å². The van der Waals surface area contributed by atoms with Gasteiger partial charge in [-0.05, 0) is 77.5 Å². The molecule has 3 N–H and O–H groups in total. The Morgan fingerprint density at radius 2 is 1.79 bits per heavy atom. The summed E-state index contributed by atoms with van der Waals surface area (Å²) in [5.41, 5.74) is 1.84. The SMILES string of the molecule is COc1cc(C2C3=CCC4C(=O)N(c5ccc(C(=O)O)c(O)c5)C(=O)C4C3CC3=C2C(=O)C=C(C)C3=O)cc(Br)c1O. The van der Waals surface area contributed by atoms with Crippen LogP contribution in [-0.4, -0.2) is 51.8 Å². The molecule has 2 aromatic rings. The van der Waals surface area contributed by atoms with E-state index in [0.29, 0.717) is 15.6 Å². The van der Waals surface area contributed by atoms with Gasteiger partial charge in [0.25, 0.3) is 0 Å². The molecule has 0 spiro atoms. The number of fused-ring (bicyclic) bond motifs is 3. The summed E-state index contributed by atoms with van der Waals surface area (Å²) in [5.74, 6) is -6.49. The number of nitrogens with zero attached hydrogens (tertiary/aromatic N) is 1. The largest absolute Gasteiger partial charge is 0.507 e. The number of aromatic hydroxyl groups is 2. The Morgan fingerprint density at radius 3 is 2.45 bits per heavy atom. The fourth-order valence-electron chi connectivity index (χ4n) is 6.77. The average Bonchev–Trinajstić information content (AvgIpc) is 3.21. The first-order valence-corrected chi connectivity index (χ1v) is 13.9. The van der Waals surface area contributed by atoms with E-state index in [1.165, 1.54) is 19.3 Å². The highest BCUT2D eigenvalue weighted by Gasteiger charge is 2.56. The first kappa shape index (κ1) is 27.6. The van der Waals surface area contributed by atoms with Crippen LogP contribution in [0.15, 0.2) is 69.2 Å². The second-order valence-electron chi connectivity index (χ2n) is 10.8. The number of aromatic carboxylic acids is 1. The summed E-state index contributed by atoms with van der Waals surface area (Å²) in [7, 11) is 1.39. The quantitative estimate of drug-likeness (QED) is 0.255. The van der Waals surface area contributed by atoms with Gasteiger partial charge in [0.15, 0.2) is 23.1 Å². The van der Waals surface area contributed by atoms with E-state index in [-0.39, 0.29) is 58.3 Å². The number of carbonyl (C=O) groups excluding carboxylic acids is 4. The van der Waals surface area contributed by atoms with Gasteiger partial charge in [-0.2, -0.15) is 0 Å². The predicted molar refractivity (Wildman–Crippen MR) is 151 cm³/mol. The van der Waals surface area contributed by atoms with E-state index in [1.807, 2.05) is 6.08 Å². The molecule has 2 aromatic carbocycles. The number of phenols is 2. The van der Waals surface area contributed by atoms with Crippen LogP contribution in [0.4, 0.5) is 5.69 Å². The van der Waals surface area contributed by atoms with Gasteiger partial charge in [-0.25, -0.2) is 9.69 Å². The maximum atomic E-state index is 14.0. The Labute approximate surface area is 247 Å². The van der Waals surface area contributed by atoms with Crippen molar-refractivity contribution < 1.29 is 44.0 Å². The second-order valence-corrected chi connectivity index (χ2v) is 11.7. The molecule has 214 valence electrons. The van der Waals surface area contributed by atoms with Crippen LogP contribution in [0, 0.1) is 17.8 Å². The summed E-state index contributed by atoms with van der Waals surface area (Å²) in [5, 5.41) is 29.9. The average molecular weight is 634 g/mol. The predicted octanol–water partition coefficient (Wildman–Crippen LogP) is 4.20. The van der Waals surface area contributed by atoms with Gasteiger partial charge in [-0.3, -0.25) is 19.2 Å². The molecule has 10 nitrogen and oxygen atoms in total. The Kier molecular flexibility index (Phi) is 6.45. The van der Waals surface area contributed by atoms with Crippen molar-refractivity contribution in [3.8, 4) is 17.2 Å². The van der Waals surface area contributed by atoms with Crippen molar-refractivity contribution in [2.75, 3.05) is 12.0 Å². The molecular formula is C31H24BrNO9.